The Morgan fingerprint density at radius 1 is 1.00 bits per heavy atom. The van der Waals surface area contributed by atoms with E-state index in [4.69, 9.17) is 13.9 Å². The Morgan fingerprint density at radius 3 is 2.62 bits per heavy atom. The van der Waals surface area contributed by atoms with Crippen LogP contribution in [-0.4, -0.2) is 20.3 Å². The maximum atomic E-state index is 12.1. The number of hydrogen-bond acceptors (Lipinski definition) is 4. The highest BCUT2D eigenvalue weighted by molar-refractivity contribution is 6.04. The minimum Gasteiger partial charge on any atom is -0.491 e. The van der Waals surface area contributed by atoms with Gasteiger partial charge in [0.1, 0.15) is 17.9 Å². The number of benzene rings is 2. The van der Waals surface area contributed by atoms with Crippen molar-refractivity contribution in [3.8, 4) is 5.75 Å². The Hall–Kier alpha value is -2.33. The first-order valence-electron chi connectivity index (χ1n) is 6.78. The molecule has 108 valence electrons. The van der Waals surface area contributed by atoms with E-state index in [0.29, 0.717) is 29.9 Å². The number of rotatable bonds is 4. The van der Waals surface area contributed by atoms with Crippen molar-refractivity contribution in [2.75, 3.05) is 20.3 Å². The van der Waals surface area contributed by atoms with Crippen LogP contribution < -0.4 is 10.4 Å². The topological polar surface area (TPSA) is 48.7 Å². The summed E-state index contributed by atoms with van der Waals surface area (Å²) >= 11 is 0. The Balaban J connectivity index is 2.13. The third-order valence-electron chi connectivity index (χ3n) is 3.40. The van der Waals surface area contributed by atoms with Gasteiger partial charge in [0.2, 0.25) is 0 Å². The first-order chi connectivity index (χ1) is 10.2. The van der Waals surface area contributed by atoms with E-state index in [0.717, 1.165) is 16.3 Å². The summed E-state index contributed by atoms with van der Waals surface area (Å²) in [6, 6.07) is 11.3. The van der Waals surface area contributed by atoms with Gasteiger partial charge >= 0.3 is 5.63 Å². The number of ether oxygens (including phenoxy) is 2. The molecule has 0 radical (unpaired) electrons. The number of fused-ring (bicyclic) bond motifs is 3. The van der Waals surface area contributed by atoms with Gasteiger partial charge in [0.15, 0.2) is 0 Å². The fourth-order valence-corrected chi connectivity index (χ4v) is 2.35. The van der Waals surface area contributed by atoms with Crippen molar-refractivity contribution in [3.63, 3.8) is 0 Å². The van der Waals surface area contributed by atoms with Crippen molar-refractivity contribution in [3.05, 3.63) is 52.4 Å². The second kappa shape index (κ2) is 5.58. The van der Waals surface area contributed by atoms with Crippen LogP contribution in [0.4, 0.5) is 0 Å². The van der Waals surface area contributed by atoms with Crippen molar-refractivity contribution in [2.24, 2.45) is 0 Å². The standard InChI is InChI=1S/C17H16O4/c1-11-3-5-14-13-6-4-12(20-8-7-19-2)10-15(13)17(18)21-16(14)9-11/h3-6,9-10H,7-8H2,1-2H3. The third kappa shape index (κ3) is 2.62. The second-order valence-corrected chi connectivity index (χ2v) is 4.94. The molecule has 0 aliphatic rings. The van der Waals surface area contributed by atoms with Gasteiger partial charge in [0.25, 0.3) is 0 Å². The first-order valence-corrected chi connectivity index (χ1v) is 6.78. The van der Waals surface area contributed by atoms with Crippen molar-refractivity contribution in [2.45, 2.75) is 6.92 Å². The van der Waals surface area contributed by atoms with Crippen molar-refractivity contribution in [1.82, 2.24) is 0 Å². The van der Waals surface area contributed by atoms with E-state index in [9.17, 15) is 4.79 Å². The molecule has 3 aromatic rings. The predicted octanol–water partition coefficient (Wildman–Crippen LogP) is 3.28. The smallest absolute Gasteiger partial charge is 0.344 e. The van der Waals surface area contributed by atoms with Gasteiger partial charge in [-0.15, -0.1) is 0 Å². The summed E-state index contributed by atoms with van der Waals surface area (Å²) in [5.74, 6) is 0.637. The van der Waals surface area contributed by atoms with Crippen molar-refractivity contribution >= 4 is 21.7 Å². The molecule has 2 aromatic carbocycles. The van der Waals surface area contributed by atoms with Gasteiger partial charge in [0, 0.05) is 17.9 Å². The number of hydrogen-bond donors (Lipinski definition) is 0. The molecule has 1 heterocycles. The van der Waals surface area contributed by atoms with Gasteiger partial charge in [-0.05, 0) is 36.8 Å². The Labute approximate surface area is 121 Å². The molecule has 0 spiro atoms. The van der Waals surface area contributed by atoms with Gasteiger partial charge < -0.3 is 13.9 Å². The quantitative estimate of drug-likeness (QED) is 0.419. The van der Waals surface area contributed by atoms with Crippen LogP contribution in [0.3, 0.4) is 0 Å². The molecular weight excluding hydrogens is 268 g/mol. The largest absolute Gasteiger partial charge is 0.491 e. The lowest BCUT2D eigenvalue weighted by Crippen LogP contribution is -2.05. The molecule has 0 fully saturated rings. The number of aryl methyl sites for hydroxylation is 1. The molecule has 0 N–H and O–H groups in total. The highest BCUT2D eigenvalue weighted by Gasteiger charge is 2.08. The fourth-order valence-electron chi connectivity index (χ4n) is 2.35. The Kier molecular flexibility index (Phi) is 3.62. The average Bonchev–Trinajstić information content (AvgIpc) is 2.47. The van der Waals surface area contributed by atoms with Gasteiger partial charge in [-0.2, -0.15) is 0 Å². The van der Waals surface area contributed by atoms with E-state index in [-0.39, 0.29) is 5.63 Å². The average molecular weight is 284 g/mol. The summed E-state index contributed by atoms with van der Waals surface area (Å²) < 4.78 is 15.9. The van der Waals surface area contributed by atoms with Crippen LogP contribution in [0, 0.1) is 6.92 Å². The van der Waals surface area contributed by atoms with Crippen LogP contribution in [0.5, 0.6) is 5.75 Å². The van der Waals surface area contributed by atoms with E-state index in [2.05, 4.69) is 0 Å². The summed E-state index contributed by atoms with van der Waals surface area (Å²) in [5, 5.41) is 2.33. The van der Waals surface area contributed by atoms with Crippen molar-refractivity contribution < 1.29 is 13.9 Å². The van der Waals surface area contributed by atoms with E-state index in [1.165, 1.54) is 0 Å². The molecule has 3 rings (SSSR count). The molecule has 4 heteroatoms. The van der Waals surface area contributed by atoms with E-state index in [1.807, 2.05) is 37.3 Å². The highest BCUT2D eigenvalue weighted by Crippen LogP contribution is 2.26. The summed E-state index contributed by atoms with van der Waals surface area (Å²) in [4.78, 5) is 12.1. The summed E-state index contributed by atoms with van der Waals surface area (Å²) in [5.41, 5.74) is 1.32. The summed E-state index contributed by atoms with van der Waals surface area (Å²) in [6.07, 6.45) is 0. The minimum atomic E-state index is -0.347. The van der Waals surface area contributed by atoms with Crippen LogP contribution in [0.15, 0.2) is 45.6 Å². The minimum absolute atomic E-state index is 0.347. The maximum absolute atomic E-state index is 12.1. The molecule has 0 saturated carbocycles. The normalized spacial score (nSPS) is 11.1. The molecule has 0 atom stereocenters. The van der Waals surface area contributed by atoms with Gasteiger partial charge in [-0.25, -0.2) is 4.79 Å². The molecular formula is C17H16O4. The Morgan fingerprint density at radius 2 is 1.81 bits per heavy atom. The van der Waals surface area contributed by atoms with E-state index in [1.54, 1.807) is 13.2 Å². The van der Waals surface area contributed by atoms with Crippen LogP contribution >= 0.6 is 0 Å². The van der Waals surface area contributed by atoms with E-state index >= 15 is 0 Å². The fraction of sp³-hybridized carbons (Fsp3) is 0.235. The zero-order chi connectivity index (χ0) is 14.8. The molecule has 0 bridgehead atoms. The molecule has 21 heavy (non-hydrogen) atoms. The first kappa shape index (κ1) is 13.6. The van der Waals surface area contributed by atoms with Crippen LogP contribution in [0.1, 0.15) is 5.56 Å². The Bertz CT molecular complexity index is 848. The van der Waals surface area contributed by atoms with Gasteiger partial charge in [-0.1, -0.05) is 12.1 Å². The molecule has 1 aromatic heterocycles. The maximum Gasteiger partial charge on any atom is 0.344 e. The van der Waals surface area contributed by atoms with Gasteiger partial charge in [-0.3, -0.25) is 0 Å². The molecule has 0 amide bonds. The van der Waals surface area contributed by atoms with Crippen molar-refractivity contribution in [1.29, 1.82) is 0 Å². The van der Waals surface area contributed by atoms with Gasteiger partial charge in [0.05, 0.1) is 12.0 Å². The molecule has 0 unspecified atom stereocenters. The zero-order valence-electron chi connectivity index (χ0n) is 12.0. The SMILES string of the molecule is COCCOc1ccc2c(c1)c(=O)oc1cc(C)ccc12. The lowest BCUT2D eigenvalue weighted by Gasteiger charge is -2.07. The lowest BCUT2D eigenvalue weighted by atomic mass is 10.1. The zero-order valence-corrected chi connectivity index (χ0v) is 12.0. The third-order valence-corrected chi connectivity index (χ3v) is 3.40. The van der Waals surface area contributed by atoms with Crippen LogP contribution in [0.2, 0.25) is 0 Å². The lowest BCUT2D eigenvalue weighted by molar-refractivity contribution is 0.146. The molecule has 4 nitrogen and oxygen atoms in total. The summed E-state index contributed by atoms with van der Waals surface area (Å²) in [6.45, 7) is 2.92. The molecule has 0 aliphatic heterocycles. The van der Waals surface area contributed by atoms with Crippen LogP contribution in [-0.2, 0) is 4.74 Å². The molecule has 0 saturated heterocycles. The monoisotopic (exact) mass is 284 g/mol. The molecule has 0 aliphatic carbocycles. The number of methoxy groups -OCH3 is 1. The second-order valence-electron chi connectivity index (χ2n) is 4.94. The predicted molar refractivity (Wildman–Crippen MR) is 82.1 cm³/mol. The van der Waals surface area contributed by atoms with E-state index < -0.39 is 0 Å². The summed E-state index contributed by atoms with van der Waals surface area (Å²) in [7, 11) is 1.62. The highest BCUT2D eigenvalue weighted by atomic mass is 16.5. The van der Waals surface area contributed by atoms with Crippen LogP contribution in [0.25, 0.3) is 21.7 Å².